The van der Waals surface area contributed by atoms with Crippen LogP contribution >= 0.6 is 0 Å². The second kappa shape index (κ2) is 5.56. The predicted octanol–water partition coefficient (Wildman–Crippen LogP) is 2.91. The Morgan fingerprint density at radius 3 is 2.39 bits per heavy atom. The molecule has 0 saturated carbocycles. The number of aliphatic hydroxyl groups excluding tert-OH is 1. The summed E-state index contributed by atoms with van der Waals surface area (Å²) in [6.45, 7) is 3.74. The molecule has 0 amide bonds. The third-order valence-electron chi connectivity index (χ3n) is 2.51. The molecule has 1 atom stereocenters. The van der Waals surface area contributed by atoms with Crippen molar-refractivity contribution in [3.63, 3.8) is 0 Å². The number of rotatable bonds is 4. The molecular weight excluding hydrogens is 245 g/mol. The largest absolute Gasteiger partial charge is 0.405 e. The molecule has 18 heavy (non-hydrogen) atoms. The van der Waals surface area contributed by atoms with Gasteiger partial charge in [0.15, 0.2) is 0 Å². The van der Waals surface area contributed by atoms with Crippen molar-refractivity contribution < 1.29 is 18.3 Å². The van der Waals surface area contributed by atoms with Crippen LogP contribution in [0.4, 0.5) is 19.0 Å². The van der Waals surface area contributed by atoms with Crippen molar-refractivity contribution in [1.82, 2.24) is 4.98 Å². The van der Waals surface area contributed by atoms with Crippen molar-refractivity contribution >= 4 is 5.82 Å². The maximum Gasteiger partial charge on any atom is 0.405 e. The van der Waals surface area contributed by atoms with Crippen molar-refractivity contribution in [3.8, 4) is 0 Å². The molecule has 102 valence electrons. The molecule has 0 aromatic carbocycles. The number of halogens is 3. The first-order valence-corrected chi connectivity index (χ1v) is 5.68. The van der Waals surface area contributed by atoms with Crippen LogP contribution in [0.3, 0.4) is 0 Å². The molecule has 0 aliphatic carbocycles. The molecule has 0 bridgehead atoms. The zero-order valence-electron chi connectivity index (χ0n) is 10.6. The standard InChI is InChI=1S/C12H17F3N2O/c1-8(2)17(7-12(13,14)15)11-10(9(3)18)5-4-6-16-11/h4-6,8-9,18H,7H2,1-3H3. The summed E-state index contributed by atoms with van der Waals surface area (Å²) in [5.41, 5.74) is 0.399. The van der Waals surface area contributed by atoms with Crippen LogP contribution in [0.15, 0.2) is 18.3 Å². The first kappa shape index (κ1) is 14.8. The van der Waals surface area contributed by atoms with Crippen LogP contribution in [-0.4, -0.2) is 28.9 Å². The summed E-state index contributed by atoms with van der Waals surface area (Å²) < 4.78 is 37.7. The second-order valence-electron chi connectivity index (χ2n) is 4.43. The average Bonchev–Trinajstić information content (AvgIpc) is 2.24. The van der Waals surface area contributed by atoms with Crippen molar-refractivity contribution in [3.05, 3.63) is 23.9 Å². The van der Waals surface area contributed by atoms with Crippen LogP contribution in [0, 0.1) is 0 Å². The summed E-state index contributed by atoms with van der Waals surface area (Å²) in [7, 11) is 0. The van der Waals surface area contributed by atoms with E-state index >= 15 is 0 Å². The SMILES string of the molecule is CC(O)c1cccnc1N(CC(F)(F)F)C(C)C. The Morgan fingerprint density at radius 2 is 1.94 bits per heavy atom. The van der Waals surface area contributed by atoms with Gasteiger partial charge in [-0.3, -0.25) is 0 Å². The van der Waals surface area contributed by atoms with Crippen molar-refractivity contribution in [2.75, 3.05) is 11.4 Å². The fraction of sp³-hybridized carbons (Fsp3) is 0.583. The van der Waals surface area contributed by atoms with Gasteiger partial charge in [0.1, 0.15) is 12.4 Å². The van der Waals surface area contributed by atoms with Gasteiger partial charge < -0.3 is 10.0 Å². The Kier molecular flexibility index (Phi) is 4.56. The molecule has 0 radical (unpaired) electrons. The molecule has 1 rings (SSSR count). The fourth-order valence-electron chi connectivity index (χ4n) is 1.67. The molecule has 6 heteroatoms. The van der Waals surface area contributed by atoms with Crippen LogP contribution in [0.5, 0.6) is 0 Å². The molecule has 0 saturated heterocycles. The third-order valence-corrected chi connectivity index (χ3v) is 2.51. The highest BCUT2D eigenvalue weighted by Crippen LogP contribution is 2.28. The highest BCUT2D eigenvalue weighted by Gasteiger charge is 2.33. The zero-order chi connectivity index (χ0) is 13.9. The summed E-state index contributed by atoms with van der Waals surface area (Å²) in [6.07, 6.45) is -3.74. The van der Waals surface area contributed by atoms with Gasteiger partial charge in [-0.1, -0.05) is 6.07 Å². The fourth-order valence-corrected chi connectivity index (χ4v) is 1.67. The Labute approximate surface area is 104 Å². The van der Waals surface area contributed by atoms with Crippen LogP contribution in [0.2, 0.25) is 0 Å². The van der Waals surface area contributed by atoms with Crippen LogP contribution in [0.25, 0.3) is 0 Å². The van der Waals surface area contributed by atoms with Gasteiger partial charge in [-0.15, -0.1) is 0 Å². The Hall–Kier alpha value is -1.30. The second-order valence-corrected chi connectivity index (χ2v) is 4.43. The molecule has 3 nitrogen and oxygen atoms in total. The molecular formula is C12H17F3N2O. The van der Waals surface area contributed by atoms with E-state index in [1.54, 1.807) is 26.0 Å². The van der Waals surface area contributed by atoms with E-state index in [0.29, 0.717) is 5.56 Å². The van der Waals surface area contributed by atoms with Gasteiger partial charge >= 0.3 is 6.18 Å². The molecule has 1 unspecified atom stereocenters. The number of nitrogens with zero attached hydrogens (tertiary/aromatic N) is 2. The van der Waals surface area contributed by atoms with E-state index < -0.39 is 18.8 Å². The zero-order valence-corrected chi connectivity index (χ0v) is 10.6. The van der Waals surface area contributed by atoms with Crippen molar-refractivity contribution in [2.24, 2.45) is 0 Å². The lowest BCUT2D eigenvalue weighted by atomic mass is 10.1. The quantitative estimate of drug-likeness (QED) is 0.906. The molecule has 0 aliphatic heterocycles. The van der Waals surface area contributed by atoms with E-state index in [-0.39, 0.29) is 11.9 Å². The monoisotopic (exact) mass is 262 g/mol. The molecule has 0 spiro atoms. The van der Waals surface area contributed by atoms with Gasteiger partial charge in [0.25, 0.3) is 0 Å². The number of hydrogen-bond acceptors (Lipinski definition) is 3. The number of alkyl halides is 3. The lowest BCUT2D eigenvalue weighted by Gasteiger charge is -2.30. The number of hydrogen-bond donors (Lipinski definition) is 1. The first-order chi connectivity index (χ1) is 8.22. The van der Waals surface area contributed by atoms with Gasteiger partial charge in [0.05, 0.1) is 6.10 Å². The highest BCUT2D eigenvalue weighted by molar-refractivity contribution is 5.48. The predicted molar refractivity (Wildman–Crippen MR) is 63.4 cm³/mol. The smallest absolute Gasteiger partial charge is 0.389 e. The van der Waals surface area contributed by atoms with E-state index in [0.717, 1.165) is 4.90 Å². The minimum absolute atomic E-state index is 0.180. The summed E-state index contributed by atoms with van der Waals surface area (Å²) in [6, 6.07) is 2.81. The normalized spacial score (nSPS) is 13.8. The minimum atomic E-state index is -4.31. The molecule has 0 aliphatic rings. The summed E-state index contributed by atoms with van der Waals surface area (Å²) in [5, 5.41) is 9.59. The van der Waals surface area contributed by atoms with E-state index in [1.807, 2.05) is 0 Å². The minimum Gasteiger partial charge on any atom is -0.389 e. The lowest BCUT2D eigenvalue weighted by Crippen LogP contribution is -2.40. The molecule has 1 N–H and O–H groups in total. The Morgan fingerprint density at radius 1 is 1.33 bits per heavy atom. The maximum atomic E-state index is 12.6. The molecule has 1 aromatic heterocycles. The summed E-state index contributed by atoms with van der Waals surface area (Å²) >= 11 is 0. The Bertz CT molecular complexity index is 391. The number of aliphatic hydroxyl groups is 1. The summed E-state index contributed by atoms with van der Waals surface area (Å²) in [4.78, 5) is 5.11. The van der Waals surface area contributed by atoms with E-state index in [9.17, 15) is 18.3 Å². The van der Waals surface area contributed by atoms with E-state index in [2.05, 4.69) is 4.98 Å². The number of pyridine rings is 1. The number of anilines is 1. The third kappa shape index (κ3) is 3.87. The lowest BCUT2D eigenvalue weighted by molar-refractivity contribution is -0.120. The van der Waals surface area contributed by atoms with Gasteiger partial charge in [-0.25, -0.2) is 4.98 Å². The van der Waals surface area contributed by atoms with E-state index in [1.165, 1.54) is 13.1 Å². The van der Waals surface area contributed by atoms with Crippen molar-refractivity contribution in [2.45, 2.75) is 39.1 Å². The topological polar surface area (TPSA) is 36.4 Å². The van der Waals surface area contributed by atoms with Crippen molar-refractivity contribution in [1.29, 1.82) is 0 Å². The van der Waals surface area contributed by atoms with Gasteiger partial charge in [0, 0.05) is 17.8 Å². The molecule has 1 heterocycles. The van der Waals surface area contributed by atoms with Crippen LogP contribution in [-0.2, 0) is 0 Å². The van der Waals surface area contributed by atoms with E-state index in [4.69, 9.17) is 0 Å². The average molecular weight is 262 g/mol. The number of aromatic nitrogens is 1. The summed E-state index contributed by atoms with van der Waals surface area (Å²) in [5.74, 6) is 0.180. The maximum absolute atomic E-state index is 12.6. The van der Waals surface area contributed by atoms with Crippen LogP contribution in [0.1, 0.15) is 32.4 Å². The van der Waals surface area contributed by atoms with Crippen LogP contribution < -0.4 is 4.90 Å². The van der Waals surface area contributed by atoms with Gasteiger partial charge in [-0.05, 0) is 26.8 Å². The van der Waals surface area contributed by atoms with Gasteiger partial charge in [-0.2, -0.15) is 13.2 Å². The Balaban J connectivity index is 3.14. The first-order valence-electron chi connectivity index (χ1n) is 5.68. The highest BCUT2D eigenvalue weighted by atomic mass is 19.4. The molecule has 0 fully saturated rings. The van der Waals surface area contributed by atoms with Gasteiger partial charge in [0.2, 0.25) is 0 Å². The molecule has 1 aromatic rings.